The highest BCUT2D eigenvalue weighted by atomic mass is 32.2. The first-order valence-corrected chi connectivity index (χ1v) is 8.22. The molecule has 0 unspecified atom stereocenters. The van der Waals surface area contributed by atoms with Gasteiger partial charge < -0.3 is 9.30 Å². The number of benzene rings is 1. The van der Waals surface area contributed by atoms with Crippen molar-refractivity contribution in [1.82, 2.24) is 13.9 Å². The Hall–Kier alpha value is -1.44. The maximum atomic E-state index is 12.4. The van der Waals surface area contributed by atoms with Crippen molar-refractivity contribution in [2.24, 2.45) is 7.05 Å². The molecule has 0 fully saturated rings. The fraction of sp³-hybridized carbons (Fsp3) is 0.500. The van der Waals surface area contributed by atoms with Gasteiger partial charge in [0.05, 0.1) is 29.4 Å². The first-order chi connectivity index (χ1) is 9.87. The lowest BCUT2D eigenvalue weighted by atomic mass is 10.3. The van der Waals surface area contributed by atoms with Crippen molar-refractivity contribution in [1.29, 1.82) is 0 Å². The lowest BCUT2D eigenvalue weighted by molar-refractivity contribution is 0.198. The molecule has 0 spiro atoms. The Morgan fingerprint density at radius 1 is 1.38 bits per heavy atom. The van der Waals surface area contributed by atoms with Gasteiger partial charge in [-0.1, -0.05) is 12.1 Å². The molecule has 0 bridgehead atoms. The number of aromatic nitrogens is 2. The minimum atomic E-state index is -3.40. The highest BCUT2D eigenvalue weighted by Crippen LogP contribution is 2.17. The summed E-state index contributed by atoms with van der Waals surface area (Å²) in [5, 5.41) is -0.581. The summed E-state index contributed by atoms with van der Waals surface area (Å²) in [6.45, 7) is 2.06. The zero-order valence-electron chi connectivity index (χ0n) is 12.8. The van der Waals surface area contributed by atoms with E-state index < -0.39 is 15.3 Å². The molecule has 21 heavy (non-hydrogen) atoms. The summed E-state index contributed by atoms with van der Waals surface area (Å²) in [5.41, 5.74) is 1.86. The van der Waals surface area contributed by atoms with Crippen molar-refractivity contribution in [2.45, 2.75) is 18.7 Å². The largest absolute Gasteiger partial charge is 0.383 e. The zero-order valence-corrected chi connectivity index (χ0v) is 13.6. The van der Waals surface area contributed by atoms with Gasteiger partial charge in [0, 0.05) is 21.2 Å². The summed E-state index contributed by atoms with van der Waals surface area (Å²) in [6.07, 6.45) is 0. The summed E-state index contributed by atoms with van der Waals surface area (Å²) in [5.74, 6) is 0.715. The minimum Gasteiger partial charge on any atom is -0.383 e. The van der Waals surface area contributed by atoms with Gasteiger partial charge in [-0.15, -0.1) is 0 Å². The third-order valence-electron chi connectivity index (χ3n) is 3.59. The van der Waals surface area contributed by atoms with Crippen LogP contribution in [0.5, 0.6) is 0 Å². The highest BCUT2D eigenvalue weighted by molar-refractivity contribution is 7.89. The van der Waals surface area contributed by atoms with Crippen LogP contribution >= 0.6 is 0 Å². The Bertz CT molecular complexity index is 724. The zero-order chi connectivity index (χ0) is 15.6. The van der Waals surface area contributed by atoms with E-state index in [1.165, 1.54) is 11.4 Å². The predicted molar refractivity (Wildman–Crippen MR) is 82.4 cm³/mol. The second kappa shape index (κ2) is 6.13. The smallest absolute Gasteiger partial charge is 0.219 e. The SMILES string of the molecule is COC[C@H](C)S(=O)(=O)N(C)Cc1nc2ccccc2n1C. The van der Waals surface area contributed by atoms with E-state index in [9.17, 15) is 8.42 Å². The molecule has 0 radical (unpaired) electrons. The van der Waals surface area contributed by atoms with E-state index in [0.29, 0.717) is 5.82 Å². The van der Waals surface area contributed by atoms with Crippen LogP contribution in [0.1, 0.15) is 12.7 Å². The molecule has 0 aliphatic carbocycles. The van der Waals surface area contributed by atoms with Gasteiger partial charge >= 0.3 is 0 Å². The molecule has 1 aromatic heterocycles. The van der Waals surface area contributed by atoms with Crippen LogP contribution in [0.15, 0.2) is 24.3 Å². The average Bonchev–Trinajstić information content (AvgIpc) is 2.76. The monoisotopic (exact) mass is 311 g/mol. The van der Waals surface area contributed by atoms with Crippen molar-refractivity contribution in [3.8, 4) is 0 Å². The molecule has 116 valence electrons. The molecule has 0 aliphatic rings. The Kier molecular flexibility index (Phi) is 4.65. The van der Waals surface area contributed by atoms with Crippen molar-refractivity contribution in [2.75, 3.05) is 20.8 Å². The van der Waals surface area contributed by atoms with Crippen LogP contribution in [-0.4, -0.2) is 48.3 Å². The molecule has 7 heteroatoms. The average molecular weight is 311 g/mol. The first-order valence-electron chi connectivity index (χ1n) is 6.72. The maximum Gasteiger partial charge on any atom is 0.219 e. The Labute approximate surface area is 125 Å². The van der Waals surface area contributed by atoms with Crippen LogP contribution in [0.4, 0.5) is 0 Å². The number of hydrogen-bond acceptors (Lipinski definition) is 4. The van der Waals surface area contributed by atoms with Gasteiger partial charge in [0.25, 0.3) is 0 Å². The lowest BCUT2D eigenvalue weighted by Crippen LogP contribution is -2.37. The molecular formula is C14H21N3O3S. The van der Waals surface area contributed by atoms with Crippen molar-refractivity contribution >= 4 is 21.1 Å². The number of para-hydroxylation sites is 2. The van der Waals surface area contributed by atoms with Crippen molar-refractivity contribution in [3.05, 3.63) is 30.1 Å². The molecule has 0 saturated carbocycles. The van der Waals surface area contributed by atoms with E-state index >= 15 is 0 Å². The molecule has 0 N–H and O–H groups in total. The van der Waals surface area contributed by atoms with E-state index in [-0.39, 0.29) is 13.2 Å². The number of aryl methyl sites for hydroxylation is 1. The van der Waals surface area contributed by atoms with Gasteiger partial charge in [0.2, 0.25) is 10.0 Å². The number of methoxy groups -OCH3 is 1. The van der Waals surface area contributed by atoms with Gasteiger partial charge in [-0.05, 0) is 19.1 Å². The van der Waals surface area contributed by atoms with Gasteiger partial charge in [-0.2, -0.15) is 4.31 Å². The van der Waals surface area contributed by atoms with Gasteiger partial charge in [-0.3, -0.25) is 0 Å². The molecule has 1 heterocycles. The highest BCUT2D eigenvalue weighted by Gasteiger charge is 2.27. The first kappa shape index (κ1) is 15.9. The third kappa shape index (κ3) is 3.09. The van der Waals surface area contributed by atoms with Crippen LogP contribution in [0.3, 0.4) is 0 Å². The topological polar surface area (TPSA) is 64.4 Å². The van der Waals surface area contributed by atoms with Crippen LogP contribution in [0.25, 0.3) is 11.0 Å². The van der Waals surface area contributed by atoms with Crippen LogP contribution < -0.4 is 0 Å². The number of nitrogens with zero attached hydrogens (tertiary/aromatic N) is 3. The lowest BCUT2D eigenvalue weighted by Gasteiger charge is -2.21. The Morgan fingerprint density at radius 3 is 2.67 bits per heavy atom. The third-order valence-corrected chi connectivity index (χ3v) is 5.74. The molecular weight excluding hydrogens is 290 g/mol. The fourth-order valence-electron chi connectivity index (χ4n) is 2.25. The van der Waals surface area contributed by atoms with Gasteiger partial charge in [-0.25, -0.2) is 13.4 Å². The number of sulfonamides is 1. The number of imidazole rings is 1. The van der Waals surface area contributed by atoms with E-state index in [0.717, 1.165) is 11.0 Å². The summed E-state index contributed by atoms with van der Waals surface area (Å²) in [4.78, 5) is 4.50. The number of ether oxygens (including phenoxy) is 1. The second-order valence-electron chi connectivity index (χ2n) is 5.14. The van der Waals surface area contributed by atoms with Gasteiger partial charge in [0.1, 0.15) is 5.82 Å². The molecule has 1 atom stereocenters. The van der Waals surface area contributed by atoms with E-state index in [2.05, 4.69) is 4.98 Å². The predicted octanol–water partition coefficient (Wildman–Crippen LogP) is 1.37. The van der Waals surface area contributed by atoms with Gasteiger partial charge in [0.15, 0.2) is 0 Å². The molecule has 0 amide bonds. The summed E-state index contributed by atoms with van der Waals surface area (Å²) < 4.78 is 32.9. The number of hydrogen-bond donors (Lipinski definition) is 0. The Balaban J connectivity index is 2.25. The molecule has 1 aromatic carbocycles. The van der Waals surface area contributed by atoms with Crippen LogP contribution in [-0.2, 0) is 28.4 Å². The van der Waals surface area contributed by atoms with Crippen molar-refractivity contribution < 1.29 is 13.2 Å². The normalized spacial score (nSPS) is 14.0. The molecule has 2 aromatic rings. The number of fused-ring (bicyclic) bond motifs is 1. The van der Waals surface area contributed by atoms with Crippen molar-refractivity contribution in [3.63, 3.8) is 0 Å². The maximum absolute atomic E-state index is 12.4. The van der Waals surface area contributed by atoms with Crippen LogP contribution in [0.2, 0.25) is 0 Å². The summed E-state index contributed by atoms with van der Waals surface area (Å²) in [7, 11) is 1.56. The minimum absolute atomic E-state index is 0.176. The molecule has 0 aliphatic heterocycles. The Morgan fingerprint density at radius 2 is 2.05 bits per heavy atom. The fourth-order valence-corrected chi connectivity index (χ4v) is 3.47. The second-order valence-corrected chi connectivity index (χ2v) is 7.60. The quantitative estimate of drug-likeness (QED) is 0.808. The van der Waals surface area contributed by atoms with Crippen LogP contribution in [0, 0.1) is 0 Å². The number of rotatable bonds is 6. The van der Waals surface area contributed by atoms with E-state index in [4.69, 9.17) is 4.74 Å². The summed E-state index contributed by atoms with van der Waals surface area (Å²) >= 11 is 0. The summed E-state index contributed by atoms with van der Waals surface area (Å²) in [6, 6.07) is 7.74. The molecule has 2 rings (SSSR count). The van der Waals surface area contributed by atoms with E-state index in [1.807, 2.05) is 35.9 Å². The van der Waals surface area contributed by atoms with E-state index in [1.54, 1.807) is 14.0 Å². The molecule has 0 saturated heterocycles. The standard InChI is InChI=1S/C14H21N3O3S/c1-11(10-20-4)21(18,19)16(2)9-14-15-12-7-5-6-8-13(12)17(14)3/h5-8,11H,9-10H2,1-4H3/t11-/m0/s1. The molecule has 6 nitrogen and oxygen atoms in total.